The number of hydrogen-bond acceptors (Lipinski definition) is 4. The van der Waals surface area contributed by atoms with Gasteiger partial charge in [0.1, 0.15) is 22.7 Å². The van der Waals surface area contributed by atoms with Gasteiger partial charge >= 0.3 is 0 Å². The van der Waals surface area contributed by atoms with Crippen molar-refractivity contribution in [1.29, 1.82) is 0 Å². The number of nitrogens with one attached hydrogen (secondary N) is 1. The fourth-order valence-electron chi connectivity index (χ4n) is 4.12. The quantitative estimate of drug-likeness (QED) is 0.493. The maximum absolute atomic E-state index is 13.4. The van der Waals surface area contributed by atoms with Gasteiger partial charge in [0.2, 0.25) is 0 Å². The molecule has 29 heavy (non-hydrogen) atoms. The highest BCUT2D eigenvalue weighted by Crippen LogP contribution is 2.45. The van der Waals surface area contributed by atoms with Crippen molar-refractivity contribution < 1.29 is 14.6 Å². The zero-order valence-electron chi connectivity index (χ0n) is 15.6. The van der Waals surface area contributed by atoms with Crippen molar-refractivity contribution in [3.63, 3.8) is 0 Å². The van der Waals surface area contributed by atoms with Gasteiger partial charge in [0.15, 0.2) is 0 Å². The number of phenols is 1. The van der Waals surface area contributed by atoms with Gasteiger partial charge in [-0.3, -0.25) is 9.78 Å². The summed E-state index contributed by atoms with van der Waals surface area (Å²) >= 11 is 6.25. The van der Waals surface area contributed by atoms with E-state index in [9.17, 15) is 9.90 Å². The third-order valence-electron chi connectivity index (χ3n) is 5.48. The number of benzene rings is 2. The van der Waals surface area contributed by atoms with Gasteiger partial charge in [0.25, 0.3) is 5.91 Å². The van der Waals surface area contributed by atoms with E-state index in [-0.39, 0.29) is 17.6 Å². The van der Waals surface area contributed by atoms with Crippen LogP contribution in [-0.4, -0.2) is 40.5 Å². The van der Waals surface area contributed by atoms with Crippen LogP contribution in [0.25, 0.3) is 21.8 Å². The van der Waals surface area contributed by atoms with Crippen LogP contribution in [0.15, 0.2) is 48.7 Å². The summed E-state index contributed by atoms with van der Waals surface area (Å²) in [6, 6.07) is 12.8. The summed E-state index contributed by atoms with van der Waals surface area (Å²) in [5.41, 5.74) is 3.48. The van der Waals surface area contributed by atoms with Gasteiger partial charge in [-0.15, -0.1) is 11.6 Å². The summed E-state index contributed by atoms with van der Waals surface area (Å²) in [7, 11) is 1.61. The molecule has 0 fully saturated rings. The fourth-order valence-corrected chi connectivity index (χ4v) is 4.37. The third-order valence-corrected chi connectivity index (χ3v) is 5.85. The lowest BCUT2D eigenvalue weighted by Crippen LogP contribution is -2.30. The summed E-state index contributed by atoms with van der Waals surface area (Å²) in [6.45, 7) is 0.448. The van der Waals surface area contributed by atoms with E-state index in [1.54, 1.807) is 24.3 Å². The highest BCUT2D eigenvalue weighted by atomic mass is 35.5. The lowest BCUT2D eigenvalue weighted by molar-refractivity contribution is 0.0984. The van der Waals surface area contributed by atoms with E-state index < -0.39 is 0 Å². The minimum absolute atomic E-state index is 0.0348. The van der Waals surface area contributed by atoms with E-state index >= 15 is 0 Å². The molecule has 4 aromatic rings. The standard InChI is InChI=1S/C22H18ClN3O3/c1-29-14-4-5-16-12(7-14)8-17(25-16)22(28)26-11-13(10-23)20-15-3-2-6-24-21(15)19(27)9-18(20)26/h2-9,13,25,27H,10-11H2,1H3. The molecule has 2 aromatic heterocycles. The summed E-state index contributed by atoms with van der Waals surface area (Å²) in [4.78, 5) is 22.5. The maximum Gasteiger partial charge on any atom is 0.274 e. The third kappa shape index (κ3) is 2.71. The molecule has 0 bridgehead atoms. The van der Waals surface area contributed by atoms with Crippen LogP contribution < -0.4 is 9.64 Å². The number of aromatic amines is 1. The molecule has 2 aromatic carbocycles. The second-order valence-electron chi connectivity index (χ2n) is 7.13. The molecule has 1 amide bonds. The molecule has 0 spiro atoms. The number of amides is 1. The van der Waals surface area contributed by atoms with Gasteiger partial charge in [0.05, 0.1) is 12.8 Å². The van der Waals surface area contributed by atoms with Crippen LogP contribution in [0.3, 0.4) is 0 Å². The summed E-state index contributed by atoms with van der Waals surface area (Å²) < 4.78 is 5.26. The highest BCUT2D eigenvalue weighted by molar-refractivity contribution is 6.19. The normalized spacial score (nSPS) is 15.8. The predicted octanol–water partition coefficient (Wildman–Crippen LogP) is 4.41. The summed E-state index contributed by atoms with van der Waals surface area (Å²) in [5.74, 6) is 0.945. The van der Waals surface area contributed by atoms with Crippen molar-refractivity contribution in [3.8, 4) is 11.5 Å². The van der Waals surface area contributed by atoms with Crippen molar-refractivity contribution in [2.24, 2.45) is 0 Å². The van der Waals surface area contributed by atoms with E-state index in [1.807, 2.05) is 36.4 Å². The molecule has 1 aliphatic heterocycles. The molecule has 0 saturated carbocycles. The number of alkyl halides is 1. The number of rotatable bonds is 3. The largest absolute Gasteiger partial charge is 0.506 e. The Balaban J connectivity index is 1.62. The van der Waals surface area contributed by atoms with Gasteiger partial charge in [-0.25, -0.2) is 0 Å². The molecule has 2 N–H and O–H groups in total. The first-order chi connectivity index (χ1) is 14.1. The number of carbonyl (C=O) groups excluding carboxylic acids is 1. The van der Waals surface area contributed by atoms with Gasteiger partial charge in [0, 0.05) is 46.9 Å². The van der Waals surface area contributed by atoms with Crippen LogP contribution in [0.2, 0.25) is 0 Å². The molecule has 0 radical (unpaired) electrons. The lowest BCUT2D eigenvalue weighted by Gasteiger charge is -2.17. The Bertz CT molecular complexity index is 1270. The lowest BCUT2D eigenvalue weighted by atomic mass is 9.98. The van der Waals surface area contributed by atoms with Gasteiger partial charge < -0.3 is 19.7 Å². The number of aromatic nitrogens is 2. The van der Waals surface area contributed by atoms with E-state index in [0.29, 0.717) is 29.3 Å². The van der Waals surface area contributed by atoms with Crippen molar-refractivity contribution in [3.05, 3.63) is 59.9 Å². The molecule has 0 saturated heterocycles. The number of aromatic hydroxyl groups is 1. The topological polar surface area (TPSA) is 78.5 Å². The van der Waals surface area contributed by atoms with E-state index in [1.165, 1.54) is 0 Å². The maximum atomic E-state index is 13.4. The zero-order valence-corrected chi connectivity index (χ0v) is 16.4. The molecule has 7 heteroatoms. The minimum atomic E-state index is -0.170. The fraction of sp³-hybridized carbons (Fsp3) is 0.182. The molecule has 0 aliphatic carbocycles. The molecule has 1 atom stereocenters. The number of pyridine rings is 1. The zero-order chi connectivity index (χ0) is 20.1. The number of methoxy groups -OCH3 is 1. The Morgan fingerprint density at radius 3 is 3.00 bits per heavy atom. The van der Waals surface area contributed by atoms with E-state index in [0.717, 1.165) is 27.6 Å². The van der Waals surface area contributed by atoms with Crippen LogP contribution in [-0.2, 0) is 0 Å². The molecule has 5 rings (SSSR count). The Hall–Kier alpha value is -3.25. The second-order valence-corrected chi connectivity index (χ2v) is 7.44. The number of fused-ring (bicyclic) bond motifs is 4. The van der Waals surface area contributed by atoms with Crippen molar-refractivity contribution >= 4 is 45.0 Å². The van der Waals surface area contributed by atoms with Crippen LogP contribution >= 0.6 is 11.6 Å². The first-order valence-electron chi connectivity index (χ1n) is 9.26. The minimum Gasteiger partial charge on any atom is -0.506 e. The molecule has 3 heterocycles. The van der Waals surface area contributed by atoms with Crippen LogP contribution in [0.4, 0.5) is 5.69 Å². The van der Waals surface area contributed by atoms with Gasteiger partial charge in [-0.1, -0.05) is 6.07 Å². The number of halogens is 1. The smallest absolute Gasteiger partial charge is 0.274 e. The van der Waals surface area contributed by atoms with Crippen molar-refractivity contribution in [1.82, 2.24) is 9.97 Å². The number of carbonyl (C=O) groups is 1. The average Bonchev–Trinajstić information content (AvgIpc) is 3.34. The SMILES string of the molecule is COc1ccc2[nH]c(C(=O)N3CC(CCl)c4c3cc(O)c3ncccc43)cc2c1. The highest BCUT2D eigenvalue weighted by Gasteiger charge is 2.35. The Labute approximate surface area is 171 Å². The molecular weight excluding hydrogens is 390 g/mol. The monoisotopic (exact) mass is 407 g/mol. The van der Waals surface area contributed by atoms with Crippen LogP contribution in [0.5, 0.6) is 11.5 Å². The first kappa shape index (κ1) is 17.8. The van der Waals surface area contributed by atoms with Crippen LogP contribution in [0.1, 0.15) is 22.0 Å². The summed E-state index contributed by atoms with van der Waals surface area (Å²) in [5, 5.41) is 12.2. The Kier molecular flexibility index (Phi) is 4.10. The van der Waals surface area contributed by atoms with Crippen molar-refractivity contribution in [2.45, 2.75) is 5.92 Å². The molecule has 1 aliphatic rings. The number of nitrogens with zero attached hydrogens (tertiary/aromatic N) is 2. The van der Waals surface area contributed by atoms with Gasteiger partial charge in [-0.2, -0.15) is 0 Å². The van der Waals surface area contributed by atoms with Crippen LogP contribution in [0, 0.1) is 0 Å². The van der Waals surface area contributed by atoms with E-state index in [2.05, 4.69) is 9.97 Å². The predicted molar refractivity (Wildman–Crippen MR) is 113 cm³/mol. The number of H-pyrrole nitrogens is 1. The Morgan fingerprint density at radius 2 is 2.21 bits per heavy atom. The number of hydrogen-bond donors (Lipinski definition) is 2. The van der Waals surface area contributed by atoms with Crippen molar-refractivity contribution in [2.75, 3.05) is 24.4 Å². The Morgan fingerprint density at radius 1 is 1.34 bits per heavy atom. The number of phenolic OH excluding ortho intramolecular Hbond substituents is 1. The summed E-state index contributed by atoms with van der Waals surface area (Å²) in [6.07, 6.45) is 1.64. The first-order valence-corrected chi connectivity index (χ1v) is 9.79. The van der Waals surface area contributed by atoms with E-state index in [4.69, 9.17) is 16.3 Å². The molecular formula is C22H18ClN3O3. The number of anilines is 1. The second kappa shape index (κ2) is 6.67. The molecule has 1 unspecified atom stereocenters. The average molecular weight is 408 g/mol. The van der Waals surface area contributed by atoms with Gasteiger partial charge in [-0.05, 0) is 35.9 Å². The molecule has 6 nitrogen and oxygen atoms in total. The molecule has 146 valence electrons. The number of ether oxygens (including phenoxy) is 1.